The van der Waals surface area contributed by atoms with Gasteiger partial charge in [-0.05, 0) is 31.4 Å². The summed E-state index contributed by atoms with van der Waals surface area (Å²) < 4.78 is 32.4. The van der Waals surface area contributed by atoms with Gasteiger partial charge in [0.1, 0.15) is 17.7 Å². The van der Waals surface area contributed by atoms with E-state index >= 15 is 0 Å². The van der Waals surface area contributed by atoms with E-state index in [-0.39, 0.29) is 5.56 Å². The minimum atomic E-state index is -0.913. The maximum absolute atomic E-state index is 13.9. The van der Waals surface area contributed by atoms with Crippen LogP contribution < -0.4 is 0 Å². The first kappa shape index (κ1) is 23.3. The van der Waals surface area contributed by atoms with E-state index in [4.69, 9.17) is 4.74 Å². The maximum atomic E-state index is 13.9. The second-order valence-electron chi connectivity index (χ2n) is 7.78. The lowest BCUT2D eigenvalue weighted by Gasteiger charge is -2.23. The second-order valence-corrected chi connectivity index (χ2v) is 7.78. The summed E-state index contributed by atoms with van der Waals surface area (Å²) in [5.41, 5.74) is -0.218. The topological polar surface area (TPSA) is 46.6 Å². The van der Waals surface area contributed by atoms with Gasteiger partial charge in [0.2, 0.25) is 0 Å². The Bertz CT molecular complexity index is 666. The minimum Gasteiger partial charge on any atom is -0.464 e. The SMILES string of the molecule is CCCCCCCCCCCOC(=O)C1CCCN1C(=O)c1ccc(F)cc1F. The van der Waals surface area contributed by atoms with Crippen LogP contribution in [0.4, 0.5) is 8.78 Å². The summed E-state index contributed by atoms with van der Waals surface area (Å²) in [5, 5.41) is 0. The quantitative estimate of drug-likeness (QED) is 0.331. The zero-order chi connectivity index (χ0) is 21.1. The summed E-state index contributed by atoms with van der Waals surface area (Å²) in [5.74, 6) is -2.68. The van der Waals surface area contributed by atoms with Gasteiger partial charge in [-0.1, -0.05) is 58.3 Å². The molecule has 1 atom stereocenters. The zero-order valence-electron chi connectivity index (χ0n) is 17.4. The van der Waals surface area contributed by atoms with Gasteiger partial charge in [-0.25, -0.2) is 13.6 Å². The van der Waals surface area contributed by atoms with E-state index in [0.717, 1.165) is 31.4 Å². The molecule has 1 heterocycles. The third kappa shape index (κ3) is 7.41. The molecule has 1 saturated heterocycles. The number of hydrogen-bond donors (Lipinski definition) is 0. The molecule has 1 amide bonds. The minimum absolute atomic E-state index is 0.218. The Morgan fingerprint density at radius 2 is 1.69 bits per heavy atom. The van der Waals surface area contributed by atoms with Crippen molar-refractivity contribution in [2.45, 2.75) is 83.6 Å². The van der Waals surface area contributed by atoms with E-state index < -0.39 is 29.6 Å². The third-order valence-electron chi connectivity index (χ3n) is 5.44. The molecule has 0 aliphatic carbocycles. The summed E-state index contributed by atoms with van der Waals surface area (Å²) in [7, 11) is 0. The first-order valence-electron chi connectivity index (χ1n) is 11.0. The van der Waals surface area contributed by atoms with Crippen molar-refractivity contribution in [3.05, 3.63) is 35.4 Å². The van der Waals surface area contributed by atoms with Gasteiger partial charge in [0.05, 0.1) is 12.2 Å². The van der Waals surface area contributed by atoms with Crippen molar-refractivity contribution in [3.8, 4) is 0 Å². The van der Waals surface area contributed by atoms with Gasteiger partial charge in [0, 0.05) is 12.6 Å². The predicted molar refractivity (Wildman–Crippen MR) is 109 cm³/mol. The molecular weight excluding hydrogens is 376 g/mol. The van der Waals surface area contributed by atoms with E-state index in [1.807, 2.05) is 0 Å². The average Bonchev–Trinajstić information content (AvgIpc) is 3.19. The molecule has 1 aromatic rings. The van der Waals surface area contributed by atoms with Crippen LogP contribution in [0.3, 0.4) is 0 Å². The van der Waals surface area contributed by atoms with Crippen molar-refractivity contribution in [1.29, 1.82) is 0 Å². The summed E-state index contributed by atoms with van der Waals surface area (Å²) in [6, 6.07) is 2.16. The van der Waals surface area contributed by atoms with Crippen molar-refractivity contribution in [3.63, 3.8) is 0 Å². The molecule has 1 unspecified atom stereocenters. The lowest BCUT2D eigenvalue weighted by molar-refractivity contribution is -0.148. The number of unbranched alkanes of at least 4 members (excludes halogenated alkanes) is 8. The number of benzene rings is 1. The predicted octanol–water partition coefficient (Wildman–Crippen LogP) is 5.64. The molecule has 0 radical (unpaired) electrons. The van der Waals surface area contributed by atoms with Crippen molar-refractivity contribution in [2.75, 3.05) is 13.2 Å². The molecule has 0 bridgehead atoms. The maximum Gasteiger partial charge on any atom is 0.328 e. The average molecular weight is 410 g/mol. The molecule has 2 rings (SSSR count). The Morgan fingerprint density at radius 1 is 1.03 bits per heavy atom. The van der Waals surface area contributed by atoms with Crippen molar-refractivity contribution < 1.29 is 23.1 Å². The molecule has 1 aromatic carbocycles. The van der Waals surface area contributed by atoms with E-state index in [1.165, 1.54) is 43.4 Å². The fourth-order valence-electron chi connectivity index (χ4n) is 3.75. The smallest absolute Gasteiger partial charge is 0.328 e. The molecular formula is C23H33F2NO3. The van der Waals surface area contributed by atoms with Crippen LogP contribution in [0.5, 0.6) is 0 Å². The van der Waals surface area contributed by atoms with Crippen LogP contribution in [-0.2, 0) is 9.53 Å². The first-order valence-corrected chi connectivity index (χ1v) is 11.0. The van der Waals surface area contributed by atoms with Crippen LogP contribution in [0.25, 0.3) is 0 Å². The van der Waals surface area contributed by atoms with E-state index in [0.29, 0.717) is 32.1 Å². The highest BCUT2D eigenvalue weighted by atomic mass is 19.1. The van der Waals surface area contributed by atoms with Gasteiger partial charge >= 0.3 is 5.97 Å². The van der Waals surface area contributed by atoms with Crippen LogP contribution in [0, 0.1) is 11.6 Å². The number of halogens is 2. The molecule has 29 heavy (non-hydrogen) atoms. The normalized spacial score (nSPS) is 16.2. The van der Waals surface area contributed by atoms with Crippen molar-refractivity contribution in [1.82, 2.24) is 4.90 Å². The lowest BCUT2D eigenvalue weighted by atomic mass is 10.1. The largest absolute Gasteiger partial charge is 0.464 e. The van der Waals surface area contributed by atoms with E-state index in [9.17, 15) is 18.4 Å². The number of esters is 1. The molecule has 0 aromatic heterocycles. The number of amides is 1. The number of nitrogens with zero attached hydrogens (tertiary/aromatic N) is 1. The molecule has 0 saturated carbocycles. The standard InChI is InChI=1S/C23H33F2NO3/c1-2-3-4-5-6-7-8-9-10-16-29-23(28)21-12-11-15-26(21)22(27)19-14-13-18(24)17-20(19)25/h13-14,17,21H,2-12,15-16H2,1H3. The lowest BCUT2D eigenvalue weighted by Crippen LogP contribution is -2.41. The highest BCUT2D eigenvalue weighted by Gasteiger charge is 2.36. The van der Waals surface area contributed by atoms with E-state index in [2.05, 4.69) is 6.92 Å². The Morgan fingerprint density at radius 3 is 2.34 bits per heavy atom. The molecule has 1 aliphatic rings. The summed E-state index contributed by atoms with van der Waals surface area (Å²) >= 11 is 0. The van der Waals surface area contributed by atoms with Gasteiger partial charge in [-0.2, -0.15) is 0 Å². The van der Waals surface area contributed by atoms with Crippen LogP contribution in [0.15, 0.2) is 18.2 Å². The number of carbonyl (C=O) groups is 2. The molecule has 1 aliphatic heterocycles. The molecule has 1 fully saturated rings. The van der Waals surface area contributed by atoms with Gasteiger partial charge in [-0.15, -0.1) is 0 Å². The first-order chi connectivity index (χ1) is 14.0. The van der Waals surface area contributed by atoms with Crippen LogP contribution >= 0.6 is 0 Å². The monoisotopic (exact) mass is 409 g/mol. The van der Waals surface area contributed by atoms with E-state index in [1.54, 1.807) is 0 Å². The number of hydrogen-bond acceptors (Lipinski definition) is 3. The van der Waals surface area contributed by atoms with Crippen LogP contribution in [0.2, 0.25) is 0 Å². The number of likely N-dealkylation sites (tertiary alicyclic amines) is 1. The Hall–Kier alpha value is -1.98. The number of rotatable bonds is 12. The van der Waals surface area contributed by atoms with Crippen LogP contribution in [-0.4, -0.2) is 36.0 Å². The second kappa shape index (κ2) is 12.6. The Kier molecular flexibility index (Phi) is 10.1. The summed E-state index contributed by atoms with van der Waals surface area (Å²) in [6.45, 7) is 2.93. The van der Waals surface area contributed by atoms with Crippen molar-refractivity contribution in [2.24, 2.45) is 0 Å². The van der Waals surface area contributed by atoms with Gasteiger partial charge < -0.3 is 9.64 Å². The highest BCUT2D eigenvalue weighted by Crippen LogP contribution is 2.23. The Balaban J connectivity index is 1.69. The van der Waals surface area contributed by atoms with Crippen molar-refractivity contribution >= 4 is 11.9 Å². The van der Waals surface area contributed by atoms with Crippen LogP contribution in [0.1, 0.15) is 87.9 Å². The van der Waals surface area contributed by atoms with Gasteiger partial charge in [0.25, 0.3) is 5.91 Å². The number of carbonyl (C=O) groups excluding carboxylic acids is 2. The Labute approximate surface area is 172 Å². The molecule has 162 valence electrons. The molecule has 4 nitrogen and oxygen atoms in total. The zero-order valence-corrected chi connectivity index (χ0v) is 17.4. The fraction of sp³-hybridized carbons (Fsp3) is 0.652. The molecule has 0 spiro atoms. The molecule has 0 N–H and O–H groups in total. The third-order valence-corrected chi connectivity index (χ3v) is 5.44. The fourth-order valence-corrected chi connectivity index (χ4v) is 3.75. The summed E-state index contributed by atoms with van der Waals surface area (Å²) in [4.78, 5) is 26.3. The highest BCUT2D eigenvalue weighted by molar-refractivity contribution is 5.97. The van der Waals surface area contributed by atoms with Gasteiger partial charge in [0.15, 0.2) is 0 Å². The summed E-state index contributed by atoms with van der Waals surface area (Å²) in [6.07, 6.45) is 11.8. The van der Waals surface area contributed by atoms with Gasteiger partial charge in [-0.3, -0.25) is 4.79 Å². The molecule has 6 heteroatoms. The number of ether oxygens (including phenoxy) is 1.